The summed E-state index contributed by atoms with van der Waals surface area (Å²) in [6.45, 7) is 0. The molecule has 1 amide bonds. The van der Waals surface area contributed by atoms with Crippen LogP contribution in [0.5, 0.6) is 17.2 Å². The Bertz CT molecular complexity index is 1010. The third kappa shape index (κ3) is 4.26. The van der Waals surface area contributed by atoms with E-state index in [0.717, 1.165) is 4.88 Å². The van der Waals surface area contributed by atoms with Crippen LogP contribution in [0.4, 0.5) is 0 Å². The van der Waals surface area contributed by atoms with Crippen molar-refractivity contribution in [3.63, 3.8) is 0 Å². The first-order valence-electron chi connectivity index (χ1n) is 8.00. The Kier molecular flexibility index (Phi) is 6.17. The quantitative estimate of drug-likeness (QED) is 0.449. The summed E-state index contributed by atoms with van der Waals surface area (Å²) < 4.78 is 16.5. The van der Waals surface area contributed by atoms with Gasteiger partial charge in [-0.15, -0.1) is 11.3 Å². The van der Waals surface area contributed by atoms with Gasteiger partial charge in [-0.2, -0.15) is 10.2 Å². The van der Waals surface area contributed by atoms with Gasteiger partial charge in [-0.05, 0) is 24.3 Å². The number of methoxy groups -OCH3 is 3. The summed E-state index contributed by atoms with van der Waals surface area (Å²) in [5.74, 6) is 1.11. The van der Waals surface area contributed by atoms with Crippen LogP contribution in [0, 0.1) is 0 Å². The lowest BCUT2D eigenvalue weighted by Gasteiger charge is -2.11. The molecule has 10 heteroatoms. The van der Waals surface area contributed by atoms with Gasteiger partial charge in [0.05, 0.1) is 42.5 Å². The zero-order chi connectivity index (χ0) is 20.1. The van der Waals surface area contributed by atoms with Gasteiger partial charge in [-0.3, -0.25) is 9.89 Å². The first-order valence-corrected chi connectivity index (χ1v) is 9.19. The number of H-pyrrole nitrogens is 1. The second-order valence-corrected chi connectivity index (χ2v) is 7.13. The Morgan fingerprint density at radius 2 is 1.86 bits per heavy atom. The lowest BCUT2D eigenvalue weighted by Crippen LogP contribution is -2.18. The lowest BCUT2D eigenvalue weighted by molar-refractivity contribution is 0.0950. The van der Waals surface area contributed by atoms with Gasteiger partial charge >= 0.3 is 0 Å². The van der Waals surface area contributed by atoms with Crippen LogP contribution in [-0.2, 0) is 0 Å². The number of hydrazone groups is 1. The summed E-state index contributed by atoms with van der Waals surface area (Å²) in [5, 5.41) is 10.8. The smallest absolute Gasteiger partial charge is 0.291 e. The molecule has 28 heavy (non-hydrogen) atoms. The number of nitrogens with one attached hydrogen (secondary N) is 2. The Balaban J connectivity index is 1.72. The summed E-state index contributed by atoms with van der Waals surface area (Å²) in [6, 6.07) is 8.63. The van der Waals surface area contributed by atoms with E-state index in [1.165, 1.54) is 38.9 Å². The van der Waals surface area contributed by atoms with Crippen molar-refractivity contribution >= 4 is 35.1 Å². The van der Waals surface area contributed by atoms with Crippen molar-refractivity contribution in [1.82, 2.24) is 15.6 Å². The number of aromatic amines is 1. The standard InChI is InChI=1S/C18H17ClN4O4S/c1-25-13-8-15(27-3)14(26-2)6-10(13)9-20-23-18(24)12-7-11(21-22-12)16-4-5-17(19)28-16/h4-9H,1-3H3,(H,21,22)(H,23,24). The topological polar surface area (TPSA) is 97.8 Å². The van der Waals surface area contributed by atoms with Gasteiger partial charge in [-0.25, -0.2) is 5.43 Å². The van der Waals surface area contributed by atoms with Gasteiger partial charge in [0, 0.05) is 11.6 Å². The molecule has 0 atom stereocenters. The molecule has 0 bridgehead atoms. The number of hydrogen-bond donors (Lipinski definition) is 2. The summed E-state index contributed by atoms with van der Waals surface area (Å²) in [5.41, 5.74) is 3.95. The SMILES string of the molecule is COc1cc(OC)c(OC)cc1C=NNC(=O)c1cc(-c2ccc(Cl)s2)[nH]n1. The van der Waals surface area contributed by atoms with Crippen molar-refractivity contribution in [1.29, 1.82) is 0 Å². The zero-order valence-corrected chi connectivity index (χ0v) is 16.9. The van der Waals surface area contributed by atoms with E-state index in [4.69, 9.17) is 25.8 Å². The van der Waals surface area contributed by atoms with Crippen LogP contribution in [0.1, 0.15) is 16.1 Å². The first-order chi connectivity index (χ1) is 13.5. The molecule has 8 nitrogen and oxygen atoms in total. The van der Waals surface area contributed by atoms with Crippen molar-refractivity contribution < 1.29 is 19.0 Å². The number of carbonyl (C=O) groups excluding carboxylic acids is 1. The molecule has 2 heterocycles. The average molecular weight is 421 g/mol. The molecule has 0 aliphatic heterocycles. The Labute approximate surface area is 170 Å². The third-order valence-corrected chi connectivity index (χ3v) is 5.02. The molecule has 0 spiro atoms. The maximum atomic E-state index is 12.3. The van der Waals surface area contributed by atoms with Gasteiger partial charge in [0.15, 0.2) is 17.2 Å². The van der Waals surface area contributed by atoms with E-state index < -0.39 is 5.91 Å². The molecule has 0 unspecified atom stereocenters. The van der Waals surface area contributed by atoms with Crippen molar-refractivity contribution in [2.45, 2.75) is 0 Å². The molecule has 2 N–H and O–H groups in total. The minimum Gasteiger partial charge on any atom is -0.496 e. The largest absolute Gasteiger partial charge is 0.496 e. The summed E-state index contributed by atoms with van der Waals surface area (Å²) in [6.07, 6.45) is 1.45. The second-order valence-electron chi connectivity index (χ2n) is 5.42. The molecule has 2 aromatic heterocycles. The van der Waals surface area contributed by atoms with E-state index in [1.807, 2.05) is 6.07 Å². The van der Waals surface area contributed by atoms with E-state index >= 15 is 0 Å². The fourth-order valence-electron chi connectivity index (χ4n) is 2.39. The molecule has 0 saturated heterocycles. The number of nitrogens with zero attached hydrogens (tertiary/aromatic N) is 2. The molecular weight excluding hydrogens is 404 g/mol. The van der Waals surface area contributed by atoms with Crippen molar-refractivity contribution in [3.05, 3.63) is 45.9 Å². The summed E-state index contributed by atoms with van der Waals surface area (Å²) in [4.78, 5) is 13.1. The number of carbonyl (C=O) groups is 1. The Morgan fingerprint density at radius 1 is 1.14 bits per heavy atom. The van der Waals surface area contributed by atoms with Crippen LogP contribution in [0.2, 0.25) is 4.34 Å². The highest BCUT2D eigenvalue weighted by Gasteiger charge is 2.13. The lowest BCUT2D eigenvalue weighted by atomic mass is 10.2. The van der Waals surface area contributed by atoms with Crippen LogP contribution in [0.3, 0.4) is 0 Å². The highest BCUT2D eigenvalue weighted by molar-refractivity contribution is 7.19. The fourth-order valence-corrected chi connectivity index (χ4v) is 3.40. The second kappa shape index (κ2) is 8.77. The predicted molar refractivity (Wildman–Crippen MR) is 108 cm³/mol. The Morgan fingerprint density at radius 3 is 2.50 bits per heavy atom. The third-order valence-electron chi connectivity index (χ3n) is 3.75. The van der Waals surface area contributed by atoms with E-state index in [-0.39, 0.29) is 5.69 Å². The molecule has 0 aliphatic carbocycles. The fraction of sp³-hybridized carbons (Fsp3) is 0.167. The molecule has 3 aromatic rings. The van der Waals surface area contributed by atoms with Crippen LogP contribution in [0.15, 0.2) is 35.4 Å². The summed E-state index contributed by atoms with van der Waals surface area (Å²) in [7, 11) is 4.59. The monoisotopic (exact) mass is 420 g/mol. The van der Waals surface area contributed by atoms with E-state index in [1.54, 1.807) is 24.3 Å². The van der Waals surface area contributed by atoms with Gasteiger partial charge in [0.25, 0.3) is 5.91 Å². The average Bonchev–Trinajstić information content (AvgIpc) is 3.36. The number of hydrogen-bond acceptors (Lipinski definition) is 7. The number of halogens is 1. The van der Waals surface area contributed by atoms with Crippen LogP contribution in [0.25, 0.3) is 10.6 Å². The molecule has 0 radical (unpaired) electrons. The molecule has 0 saturated carbocycles. The van der Waals surface area contributed by atoms with Crippen molar-refractivity contribution in [3.8, 4) is 27.8 Å². The van der Waals surface area contributed by atoms with Crippen molar-refractivity contribution in [2.24, 2.45) is 5.10 Å². The van der Waals surface area contributed by atoms with Crippen LogP contribution >= 0.6 is 22.9 Å². The number of rotatable bonds is 7. The van der Waals surface area contributed by atoms with E-state index in [0.29, 0.717) is 32.8 Å². The van der Waals surface area contributed by atoms with Gasteiger partial charge in [0.2, 0.25) is 0 Å². The molecule has 0 aliphatic rings. The highest BCUT2D eigenvalue weighted by Crippen LogP contribution is 2.33. The number of thiophene rings is 1. The van der Waals surface area contributed by atoms with Crippen molar-refractivity contribution in [2.75, 3.05) is 21.3 Å². The number of benzene rings is 1. The molecular formula is C18H17ClN4O4S. The van der Waals surface area contributed by atoms with E-state index in [9.17, 15) is 4.79 Å². The van der Waals surface area contributed by atoms with Crippen LogP contribution < -0.4 is 19.6 Å². The highest BCUT2D eigenvalue weighted by atomic mass is 35.5. The molecule has 146 valence electrons. The number of amides is 1. The van der Waals surface area contributed by atoms with Crippen LogP contribution in [-0.4, -0.2) is 43.6 Å². The van der Waals surface area contributed by atoms with Gasteiger partial charge in [0.1, 0.15) is 5.75 Å². The normalized spacial score (nSPS) is 10.9. The first kappa shape index (κ1) is 19.7. The minimum atomic E-state index is -0.458. The molecule has 1 aromatic carbocycles. The van der Waals surface area contributed by atoms with E-state index in [2.05, 4.69) is 20.7 Å². The maximum absolute atomic E-state index is 12.3. The van der Waals surface area contributed by atoms with Gasteiger partial charge in [-0.1, -0.05) is 11.6 Å². The zero-order valence-electron chi connectivity index (χ0n) is 15.3. The summed E-state index contributed by atoms with van der Waals surface area (Å²) >= 11 is 7.32. The van der Waals surface area contributed by atoms with Gasteiger partial charge < -0.3 is 14.2 Å². The Hall–Kier alpha value is -3.04. The maximum Gasteiger partial charge on any atom is 0.291 e. The predicted octanol–water partition coefficient (Wildman–Crippen LogP) is 3.58. The molecule has 3 rings (SSSR count). The molecule has 0 fully saturated rings. The number of aromatic nitrogens is 2. The minimum absolute atomic E-state index is 0.205. The number of ether oxygens (including phenoxy) is 3.